The van der Waals surface area contributed by atoms with Gasteiger partial charge in [-0.1, -0.05) is 6.07 Å². The van der Waals surface area contributed by atoms with E-state index in [0.29, 0.717) is 28.6 Å². The molecule has 0 fully saturated rings. The number of aromatic amines is 1. The van der Waals surface area contributed by atoms with Crippen LogP contribution < -0.4 is 5.32 Å². The zero-order valence-electron chi connectivity index (χ0n) is 22.5. The normalized spacial score (nSPS) is 16.4. The lowest BCUT2D eigenvalue weighted by molar-refractivity contribution is 0.0611. The molecule has 0 radical (unpaired) electrons. The number of thiazole rings is 1. The summed E-state index contributed by atoms with van der Waals surface area (Å²) < 4.78 is 0. The lowest BCUT2D eigenvalue weighted by Crippen LogP contribution is -2.32. The Balaban J connectivity index is 1.29. The minimum Gasteiger partial charge on any atom is -0.378 e. The average Bonchev–Trinajstić information content (AvgIpc) is 3.66. The van der Waals surface area contributed by atoms with Gasteiger partial charge in [0, 0.05) is 43.8 Å². The summed E-state index contributed by atoms with van der Waals surface area (Å²) in [5.41, 5.74) is 4.99. The highest BCUT2D eigenvalue weighted by atomic mass is 32.1. The molecule has 4 aromatic heterocycles. The molecule has 1 aliphatic rings. The molecule has 1 unspecified atom stereocenters. The van der Waals surface area contributed by atoms with Crippen LogP contribution in [-0.2, 0) is 12.0 Å². The van der Waals surface area contributed by atoms with Crippen molar-refractivity contribution in [1.29, 1.82) is 0 Å². The molecule has 202 valence electrons. The first-order valence-corrected chi connectivity index (χ1v) is 13.9. The monoisotopic (exact) mass is 551 g/mol. The van der Waals surface area contributed by atoms with E-state index < -0.39 is 5.60 Å². The maximum atomic E-state index is 12.5. The van der Waals surface area contributed by atoms with E-state index in [1.165, 1.54) is 11.3 Å². The third-order valence-corrected chi connectivity index (χ3v) is 8.29. The van der Waals surface area contributed by atoms with Crippen molar-refractivity contribution >= 4 is 28.9 Å². The predicted molar refractivity (Wildman–Crippen MR) is 156 cm³/mol. The molecule has 1 aromatic carbocycles. The second kappa shape index (κ2) is 10.3. The number of pyridine rings is 2. The van der Waals surface area contributed by atoms with Crippen molar-refractivity contribution < 1.29 is 9.90 Å². The summed E-state index contributed by atoms with van der Waals surface area (Å²) in [6, 6.07) is 13.4. The van der Waals surface area contributed by atoms with Crippen molar-refractivity contribution in [2.24, 2.45) is 0 Å². The predicted octanol–water partition coefficient (Wildman–Crippen LogP) is 5.32. The first kappa shape index (κ1) is 25.8. The number of aliphatic hydroxyl groups is 1. The number of nitrogens with one attached hydrogen (secondary N) is 2. The van der Waals surface area contributed by atoms with Crippen LogP contribution in [0.4, 0.5) is 11.6 Å². The Morgan fingerprint density at radius 3 is 2.75 bits per heavy atom. The van der Waals surface area contributed by atoms with E-state index >= 15 is 0 Å². The first-order chi connectivity index (χ1) is 19.3. The molecule has 5 aromatic rings. The van der Waals surface area contributed by atoms with E-state index in [4.69, 9.17) is 4.98 Å². The van der Waals surface area contributed by atoms with Gasteiger partial charge in [-0.3, -0.25) is 9.89 Å². The standard InChI is InChI=1S/C30H29N7O2S/c1-18-11-24(35-27(12-18)36-26-14-19(8-10-31-26)22-15-33-34-16-22)25-17-32-29(40-25)30(39)9-4-5-20-13-21(6-7-23(20)30)28(38)37(2)3/h6-8,10-17,39H,4-5,9H2,1-3H3,(H,33,34)(H,31,35,36). The first-order valence-electron chi connectivity index (χ1n) is 13.1. The van der Waals surface area contributed by atoms with Gasteiger partial charge in [0.25, 0.3) is 5.91 Å². The van der Waals surface area contributed by atoms with E-state index in [9.17, 15) is 9.90 Å². The van der Waals surface area contributed by atoms with Gasteiger partial charge in [0.2, 0.25) is 0 Å². The van der Waals surface area contributed by atoms with Crippen LogP contribution in [0, 0.1) is 6.92 Å². The largest absolute Gasteiger partial charge is 0.378 e. The number of benzene rings is 1. The topological polar surface area (TPSA) is 120 Å². The third kappa shape index (κ3) is 4.87. The number of aryl methyl sites for hydroxylation is 2. The number of amides is 1. The number of rotatable bonds is 6. The maximum Gasteiger partial charge on any atom is 0.253 e. The molecule has 10 heteroatoms. The molecule has 0 saturated heterocycles. The Kier molecular flexibility index (Phi) is 6.65. The third-order valence-electron chi connectivity index (χ3n) is 7.12. The van der Waals surface area contributed by atoms with Crippen LogP contribution in [0.5, 0.6) is 0 Å². The number of carbonyl (C=O) groups is 1. The number of hydrogen-bond acceptors (Lipinski definition) is 8. The summed E-state index contributed by atoms with van der Waals surface area (Å²) in [5, 5.41) is 22.7. The van der Waals surface area contributed by atoms with Gasteiger partial charge >= 0.3 is 0 Å². The van der Waals surface area contributed by atoms with Gasteiger partial charge in [-0.15, -0.1) is 11.3 Å². The van der Waals surface area contributed by atoms with Crippen LogP contribution in [0.15, 0.2) is 67.3 Å². The van der Waals surface area contributed by atoms with E-state index in [1.54, 1.807) is 43.7 Å². The Bertz CT molecular complexity index is 1700. The quantitative estimate of drug-likeness (QED) is 0.261. The van der Waals surface area contributed by atoms with Gasteiger partial charge in [0.1, 0.15) is 22.2 Å². The molecule has 0 bridgehead atoms. The maximum absolute atomic E-state index is 12.5. The minimum atomic E-state index is -1.21. The Morgan fingerprint density at radius 2 is 1.95 bits per heavy atom. The van der Waals surface area contributed by atoms with Crippen molar-refractivity contribution in [2.75, 3.05) is 19.4 Å². The number of fused-ring (bicyclic) bond motifs is 1. The van der Waals surface area contributed by atoms with E-state index in [1.807, 2.05) is 49.5 Å². The number of aromatic nitrogens is 5. The summed E-state index contributed by atoms with van der Waals surface area (Å²) in [6.07, 6.45) is 9.32. The van der Waals surface area contributed by atoms with Gasteiger partial charge in [-0.2, -0.15) is 5.10 Å². The van der Waals surface area contributed by atoms with Gasteiger partial charge < -0.3 is 15.3 Å². The van der Waals surface area contributed by atoms with Crippen LogP contribution in [0.3, 0.4) is 0 Å². The van der Waals surface area contributed by atoms with Crippen molar-refractivity contribution in [1.82, 2.24) is 30.0 Å². The Labute approximate surface area is 236 Å². The number of nitrogens with zero attached hydrogens (tertiary/aromatic N) is 5. The van der Waals surface area contributed by atoms with Gasteiger partial charge in [0.05, 0.1) is 16.8 Å². The second-order valence-electron chi connectivity index (χ2n) is 10.3. The molecule has 4 heterocycles. The van der Waals surface area contributed by atoms with E-state index in [2.05, 4.69) is 25.5 Å². The molecular formula is C30H29N7O2S. The highest BCUT2D eigenvalue weighted by Crippen LogP contribution is 2.43. The summed E-state index contributed by atoms with van der Waals surface area (Å²) in [7, 11) is 3.48. The van der Waals surface area contributed by atoms with Gasteiger partial charge in [0.15, 0.2) is 0 Å². The summed E-state index contributed by atoms with van der Waals surface area (Å²) in [5.74, 6) is 1.29. The number of hydrogen-bond donors (Lipinski definition) is 3. The zero-order chi connectivity index (χ0) is 27.9. The van der Waals surface area contributed by atoms with Crippen LogP contribution in [0.2, 0.25) is 0 Å². The van der Waals surface area contributed by atoms with E-state index in [-0.39, 0.29) is 5.91 Å². The second-order valence-corrected chi connectivity index (χ2v) is 11.3. The lowest BCUT2D eigenvalue weighted by Gasteiger charge is -2.33. The molecular weight excluding hydrogens is 522 g/mol. The SMILES string of the molecule is Cc1cc(Nc2cc(-c3cn[nH]c3)ccn2)nc(-c2cnc(C3(O)CCCc4cc(C(=O)N(C)C)ccc43)s2)c1. The Hall–Kier alpha value is -4.41. The average molecular weight is 552 g/mol. The van der Waals surface area contributed by atoms with Crippen LogP contribution >= 0.6 is 11.3 Å². The van der Waals surface area contributed by atoms with Crippen molar-refractivity contribution in [3.8, 4) is 21.7 Å². The molecule has 0 saturated carbocycles. The zero-order valence-corrected chi connectivity index (χ0v) is 23.3. The highest BCUT2D eigenvalue weighted by molar-refractivity contribution is 7.15. The molecule has 1 amide bonds. The van der Waals surface area contributed by atoms with Crippen LogP contribution in [0.1, 0.15) is 44.9 Å². The Morgan fingerprint density at radius 1 is 1.07 bits per heavy atom. The fourth-order valence-corrected chi connectivity index (χ4v) is 6.16. The molecule has 0 aliphatic heterocycles. The molecule has 6 rings (SSSR count). The van der Waals surface area contributed by atoms with Crippen LogP contribution in [-0.4, -0.2) is 55.2 Å². The molecule has 1 aliphatic carbocycles. The molecule has 9 nitrogen and oxygen atoms in total. The smallest absolute Gasteiger partial charge is 0.253 e. The molecule has 40 heavy (non-hydrogen) atoms. The van der Waals surface area contributed by atoms with Crippen molar-refractivity contribution in [3.63, 3.8) is 0 Å². The molecule has 1 atom stereocenters. The summed E-state index contributed by atoms with van der Waals surface area (Å²) in [4.78, 5) is 28.9. The number of anilines is 2. The van der Waals surface area contributed by atoms with Crippen molar-refractivity contribution in [2.45, 2.75) is 31.8 Å². The molecule has 3 N–H and O–H groups in total. The fraction of sp³-hybridized carbons (Fsp3) is 0.233. The van der Waals surface area contributed by atoms with E-state index in [0.717, 1.165) is 51.2 Å². The van der Waals surface area contributed by atoms with Gasteiger partial charge in [-0.05, 0) is 84.8 Å². The fourth-order valence-electron chi connectivity index (χ4n) is 5.15. The minimum absolute atomic E-state index is 0.0493. The highest BCUT2D eigenvalue weighted by Gasteiger charge is 2.39. The number of carbonyl (C=O) groups excluding carboxylic acids is 1. The van der Waals surface area contributed by atoms with Gasteiger partial charge in [-0.25, -0.2) is 15.0 Å². The lowest BCUT2D eigenvalue weighted by atomic mass is 9.79. The summed E-state index contributed by atoms with van der Waals surface area (Å²) in [6.45, 7) is 2.02. The summed E-state index contributed by atoms with van der Waals surface area (Å²) >= 11 is 1.44. The van der Waals surface area contributed by atoms with Crippen molar-refractivity contribution in [3.05, 3.63) is 94.5 Å². The van der Waals surface area contributed by atoms with Crippen LogP contribution in [0.25, 0.3) is 21.7 Å². The molecule has 0 spiro atoms. The number of H-pyrrole nitrogens is 1.